The third kappa shape index (κ3) is 3.79. The van der Waals surface area contributed by atoms with Gasteiger partial charge in [0.2, 0.25) is 11.8 Å². The molecule has 4 nitrogen and oxygen atoms in total. The molecule has 2 aromatic carbocycles. The van der Waals surface area contributed by atoms with Gasteiger partial charge in [0.1, 0.15) is 12.2 Å². The minimum atomic E-state index is -0.286. The number of carbonyl (C=O) groups is 2. The molecule has 0 aromatic heterocycles. The molecule has 2 aromatic rings. The highest BCUT2D eigenvalue weighted by Gasteiger charge is 2.25. The van der Waals surface area contributed by atoms with E-state index in [1.165, 1.54) is 12.1 Å². The number of anilines is 1. The maximum atomic E-state index is 12.8. The highest BCUT2D eigenvalue weighted by molar-refractivity contribution is 6.05. The van der Waals surface area contributed by atoms with Crippen LogP contribution in [0.25, 0.3) is 0 Å². The zero-order valence-corrected chi connectivity index (χ0v) is 13.3. The minimum absolute atomic E-state index is 0.155. The Morgan fingerprint density at radius 1 is 1.08 bits per heavy atom. The first-order valence-corrected chi connectivity index (χ1v) is 8.03. The molecule has 0 aliphatic carbocycles. The Morgan fingerprint density at radius 2 is 1.83 bits per heavy atom. The summed E-state index contributed by atoms with van der Waals surface area (Å²) in [6, 6.07) is 13.9. The molecule has 1 heterocycles. The van der Waals surface area contributed by atoms with Crippen LogP contribution < -0.4 is 10.2 Å². The van der Waals surface area contributed by atoms with E-state index in [2.05, 4.69) is 5.32 Å². The number of nitrogens with one attached hydrogen (secondary N) is 1. The molecule has 0 unspecified atom stereocenters. The molecule has 0 saturated carbocycles. The molecule has 1 aliphatic heterocycles. The number of hydrogen-bond donors (Lipinski definition) is 1. The van der Waals surface area contributed by atoms with Crippen LogP contribution in [-0.4, -0.2) is 24.9 Å². The first-order valence-electron chi connectivity index (χ1n) is 8.03. The summed E-state index contributed by atoms with van der Waals surface area (Å²) in [5.41, 5.74) is 2.99. The fourth-order valence-electron chi connectivity index (χ4n) is 2.89. The maximum absolute atomic E-state index is 12.8. The lowest BCUT2D eigenvalue weighted by molar-refractivity contribution is -0.127. The van der Waals surface area contributed by atoms with Gasteiger partial charge < -0.3 is 10.2 Å². The van der Waals surface area contributed by atoms with Crippen molar-refractivity contribution in [1.82, 2.24) is 5.32 Å². The molecule has 1 aliphatic rings. The topological polar surface area (TPSA) is 49.4 Å². The van der Waals surface area contributed by atoms with Crippen molar-refractivity contribution in [2.24, 2.45) is 0 Å². The Labute approximate surface area is 140 Å². The van der Waals surface area contributed by atoms with Gasteiger partial charge in [-0.1, -0.05) is 30.3 Å². The molecule has 0 spiro atoms. The van der Waals surface area contributed by atoms with Crippen LogP contribution in [0, 0.1) is 5.82 Å². The summed E-state index contributed by atoms with van der Waals surface area (Å²) in [5, 5.41) is 2.74. The second kappa shape index (κ2) is 7.25. The van der Waals surface area contributed by atoms with Gasteiger partial charge in [0.05, 0.1) is 0 Å². The lowest BCUT2D eigenvalue weighted by Gasteiger charge is -2.17. The van der Waals surface area contributed by atoms with Crippen LogP contribution in [0.5, 0.6) is 0 Å². The van der Waals surface area contributed by atoms with Gasteiger partial charge >= 0.3 is 0 Å². The second-order valence-corrected chi connectivity index (χ2v) is 5.83. The number of rotatable bonds is 5. The largest absolute Gasteiger partial charge is 0.355 e. The lowest BCUT2D eigenvalue weighted by Crippen LogP contribution is -2.35. The monoisotopic (exact) mass is 326 g/mol. The number of hydrogen-bond acceptors (Lipinski definition) is 2. The first kappa shape index (κ1) is 16.2. The van der Waals surface area contributed by atoms with Crippen LogP contribution in [0.4, 0.5) is 10.1 Å². The maximum Gasteiger partial charge on any atom is 0.236 e. The summed E-state index contributed by atoms with van der Waals surface area (Å²) in [6.07, 6.45) is 1.28. The van der Waals surface area contributed by atoms with E-state index in [1.54, 1.807) is 17.0 Å². The smallest absolute Gasteiger partial charge is 0.236 e. The average Bonchev–Trinajstić information content (AvgIpc) is 3.01. The minimum Gasteiger partial charge on any atom is -0.355 e. The summed E-state index contributed by atoms with van der Waals surface area (Å²) in [6.45, 7) is 1.05. The van der Waals surface area contributed by atoms with Gasteiger partial charge in [-0.2, -0.15) is 0 Å². The van der Waals surface area contributed by atoms with Crippen LogP contribution in [0.15, 0.2) is 48.5 Å². The van der Waals surface area contributed by atoms with Crippen molar-refractivity contribution >= 4 is 17.5 Å². The molecule has 0 radical (unpaired) electrons. The number of benzene rings is 2. The molecule has 2 amide bonds. The van der Waals surface area contributed by atoms with Gasteiger partial charge in [-0.15, -0.1) is 0 Å². The lowest BCUT2D eigenvalue weighted by atomic mass is 10.1. The molecular formula is C19H19FN2O2. The summed E-state index contributed by atoms with van der Waals surface area (Å²) >= 11 is 0. The molecule has 124 valence electrons. The highest BCUT2D eigenvalue weighted by Crippen LogP contribution is 2.27. The second-order valence-electron chi connectivity index (χ2n) is 5.83. The molecule has 1 N–H and O–H groups in total. The molecular weight excluding hydrogens is 307 g/mol. The van der Waals surface area contributed by atoms with Crippen molar-refractivity contribution in [3.63, 3.8) is 0 Å². The predicted octanol–water partition coefficient (Wildman–Crippen LogP) is 2.46. The van der Waals surface area contributed by atoms with Gasteiger partial charge in [-0.25, -0.2) is 4.39 Å². The van der Waals surface area contributed by atoms with E-state index in [0.717, 1.165) is 23.2 Å². The Bertz CT molecular complexity index is 743. The Hall–Kier alpha value is -2.69. The first-order chi connectivity index (χ1) is 11.6. The zero-order chi connectivity index (χ0) is 16.9. The summed E-state index contributed by atoms with van der Waals surface area (Å²) in [7, 11) is 0. The van der Waals surface area contributed by atoms with Gasteiger partial charge in [0.15, 0.2) is 0 Å². The van der Waals surface area contributed by atoms with Crippen LogP contribution in [0.3, 0.4) is 0 Å². The highest BCUT2D eigenvalue weighted by atomic mass is 19.1. The van der Waals surface area contributed by atoms with Crippen LogP contribution in [0.2, 0.25) is 0 Å². The van der Waals surface area contributed by atoms with Crippen LogP contribution >= 0.6 is 0 Å². The van der Waals surface area contributed by atoms with Crippen LogP contribution in [0.1, 0.15) is 17.5 Å². The van der Waals surface area contributed by atoms with E-state index < -0.39 is 0 Å². The summed E-state index contributed by atoms with van der Waals surface area (Å²) in [5.74, 6) is -0.745. The molecule has 0 bridgehead atoms. The molecule has 5 heteroatoms. The summed E-state index contributed by atoms with van der Waals surface area (Å²) < 4.78 is 12.8. The van der Waals surface area contributed by atoms with Crippen molar-refractivity contribution in [3.05, 3.63) is 65.5 Å². The van der Waals surface area contributed by atoms with Gasteiger partial charge in [0, 0.05) is 18.8 Å². The number of halogens is 1. The fraction of sp³-hybridized carbons (Fsp3) is 0.263. The van der Waals surface area contributed by atoms with E-state index >= 15 is 0 Å². The Balaban J connectivity index is 1.47. The quantitative estimate of drug-likeness (QED) is 0.858. The molecule has 0 atom stereocenters. The van der Waals surface area contributed by atoms with E-state index in [9.17, 15) is 14.0 Å². The number of amides is 2. The van der Waals surface area contributed by atoms with Gasteiger partial charge in [-0.3, -0.25) is 9.59 Å². The van der Waals surface area contributed by atoms with Crippen molar-refractivity contribution in [2.45, 2.75) is 19.3 Å². The van der Waals surface area contributed by atoms with Crippen LogP contribution in [-0.2, 0) is 22.4 Å². The van der Waals surface area contributed by atoms with E-state index in [0.29, 0.717) is 19.5 Å². The molecule has 0 saturated heterocycles. The molecule has 0 fully saturated rings. The standard InChI is InChI=1S/C19H19FN2O2/c20-16-7-5-14(6-8-16)9-11-21-18(23)13-19(24)22-12-10-15-3-1-2-4-17(15)22/h1-8H,9-13H2,(H,21,23). The normalized spacial score (nSPS) is 12.8. The third-order valence-corrected chi connectivity index (χ3v) is 4.15. The SMILES string of the molecule is O=C(CC(=O)N1CCc2ccccc21)NCCc1ccc(F)cc1. The van der Waals surface area contributed by atoms with Crippen molar-refractivity contribution in [3.8, 4) is 0 Å². The molecule has 3 rings (SSSR count). The third-order valence-electron chi connectivity index (χ3n) is 4.15. The number of para-hydroxylation sites is 1. The zero-order valence-electron chi connectivity index (χ0n) is 13.3. The van der Waals surface area contributed by atoms with Crippen molar-refractivity contribution < 1.29 is 14.0 Å². The number of fused-ring (bicyclic) bond motifs is 1. The molecule has 24 heavy (non-hydrogen) atoms. The Morgan fingerprint density at radius 3 is 2.62 bits per heavy atom. The van der Waals surface area contributed by atoms with E-state index in [4.69, 9.17) is 0 Å². The fourth-order valence-corrected chi connectivity index (χ4v) is 2.89. The average molecular weight is 326 g/mol. The summed E-state index contributed by atoms with van der Waals surface area (Å²) in [4.78, 5) is 25.9. The van der Waals surface area contributed by atoms with E-state index in [1.807, 2.05) is 24.3 Å². The van der Waals surface area contributed by atoms with Gasteiger partial charge in [0.25, 0.3) is 0 Å². The van der Waals surface area contributed by atoms with E-state index in [-0.39, 0.29) is 24.1 Å². The predicted molar refractivity (Wildman–Crippen MR) is 90.2 cm³/mol. The van der Waals surface area contributed by atoms with Crippen molar-refractivity contribution in [2.75, 3.05) is 18.0 Å². The van der Waals surface area contributed by atoms with Crippen molar-refractivity contribution in [1.29, 1.82) is 0 Å². The van der Waals surface area contributed by atoms with Gasteiger partial charge in [-0.05, 0) is 42.2 Å². The number of carbonyl (C=O) groups excluding carboxylic acids is 2. The number of nitrogens with zero attached hydrogens (tertiary/aromatic N) is 1. The Kier molecular flexibility index (Phi) is 4.89.